The predicted molar refractivity (Wildman–Crippen MR) is 81.5 cm³/mol. The fourth-order valence-electron chi connectivity index (χ4n) is 2.11. The van der Waals surface area contributed by atoms with Crippen LogP contribution in [0.5, 0.6) is 0 Å². The minimum atomic E-state index is -3.84. The number of aromatic carboxylic acids is 1. The molecule has 0 bridgehead atoms. The number of sulfonamides is 1. The summed E-state index contributed by atoms with van der Waals surface area (Å²) in [5.74, 6) is -1.17. The van der Waals surface area contributed by atoms with Crippen molar-refractivity contribution >= 4 is 21.8 Å². The van der Waals surface area contributed by atoms with Gasteiger partial charge in [0.25, 0.3) is 10.0 Å². The number of nitrogens with one attached hydrogen (secondary N) is 1. The average molecular weight is 323 g/mol. The molecule has 0 unspecified atom stereocenters. The fraction of sp³-hybridized carbons (Fsp3) is 0.286. The molecule has 8 heteroatoms. The Balaban J connectivity index is 2.41. The molecule has 118 valence electrons. The molecule has 0 saturated heterocycles. The Morgan fingerprint density at radius 3 is 2.50 bits per heavy atom. The number of hydrogen-bond acceptors (Lipinski definition) is 4. The molecule has 1 heterocycles. The predicted octanol–water partition coefficient (Wildman–Crippen LogP) is 2.04. The van der Waals surface area contributed by atoms with Gasteiger partial charge in [-0.15, -0.1) is 0 Å². The summed E-state index contributed by atoms with van der Waals surface area (Å²) in [5.41, 5.74) is 0.583. The van der Waals surface area contributed by atoms with Gasteiger partial charge >= 0.3 is 5.97 Å². The van der Waals surface area contributed by atoms with E-state index in [2.05, 4.69) is 9.82 Å². The lowest BCUT2D eigenvalue weighted by atomic mass is 10.0. The maximum atomic E-state index is 12.5. The number of anilines is 1. The largest absolute Gasteiger partial charge is 0.477 e. The number of carbonyl (C=O) groups is 1. The van der Waals surface area contributed by atoms with Gasteiger partial charge in [0.15, 0.2) is 5.82 Å². The van der Waals surface area contributed by atoms with E-state index in [1.54, 1.807) is 18.2 Å². The first kappa shape index (κ1) is 16.0. The van der Waals surface area contributed by atoms with Crippen molar-refractivity contribution in [1.29, 1.82) is 0 Å². The van der Waals surface area contributed by atoms with Crippen molar-refractivity contribution in [1.82, 2.24) is 9.78 Å². The van der Waals surface area contributed by atoms with E-state index in [-0.39, 0.29) is 22.3 Å². The lowest BCUT2D eigenvalue weighted by Gasteiger charge is -2.13. The monoisotopic (exact) mass is 323 g/mol. The second-order valence-corrected chi connectivity index (χ2v) is 6.79. The number of carboxylic acid groups (broad SMARTS) is 1. The highest BCUT2D eigenvalue weighted by Gasteiger charge is 2.22. The van der Waals surface area contributed by atoms with E-state index in [0.29, 0.717) is 5.56 Å². The second-order valence-electron chi connectivity index (χ2n) is 5.14. The van der Waals surface area contributed by atoms with Crippen molar-refractivity contribution in [2.75, 3.05) is 4.72 Å². The van der Waals surface area contributed by atoms with Gasteiger partial charge in [-0.25, -0.2) is 13.2 Å². The zero-order valence-electron chi connectivity index (χ0n) is 12.4. The number of aryl methyl sites for hydroxylation is 1. The number of hydrogen-bond donors (Lipinski definition) is 2. The molecule has 0 fully saturated rings. The molecule has 22 heavy (non-hydrogen) atoms. The van der Waals surface area contributed by atoms with Gasteiger partial charge < -0.3 is 5.11 Å². The summed E-state index contributed by atoms with van der Waals surface area (Å²) in [6.45, 7) is 3.80. The molecule has 0 radical (unpaired) electrons. The quantitative estimate of drug-likeness (QED) is 0.877. The summed E-state index contributed by atoms with van der Waals surface area (Å²) in [6, 6.07) is 7.86. The molecule has 0 aliphatic rings. The van der Waals surface area contributed by atoms with Crippen LogP contribution in [0.1, 0.15) is 35.8 Å². The topological polar surface area (TPSA) is 101 Å². The van der Waals surface area contributed by atoms with Crippen molar-refractivity contribution in [3.8, 4) is 0 Å². The Morgan fingerprint density at radius 2 is 1.95 bits per heavy atom. The van der Waals surface area contributed by atoms with Crippen LogP contribution in [0, 0.1) is 0 Å². The van der Waals surface area contributed by atoms with E-state index in [0.717, 1.165) is 4.68 Å². The third-order valence-electron chi connectivity index (χ3n) is 3.17. The van der Waals surface area contributed by atoms with E-state index in [9.17, 15) is 13.2 Å². The first-order chi connectivity index (χ1) is 10.2. The summed E-state index contributed by atoms with van der Waals surface area (Å²) in [7, 11) is -2.40. The highest BCUT2D eigenvalue weighted by Crippen LogP contribution is 2.25. The fourth-order valence-corrected chi connectivity index (χ4v) is 3.47. The van der Waals surface area contributed by atoms with Crippen LogP contribution in [0.3, 0.4) is 0 Å². The summed E-state index contributed by atoms with van der Waals surface area (Å²) < 4.78 is 28.4. The standard InChI is InChI=1S/C14H17N3O4S/c1-9(2)10-6-4-5-7-12(10)22(20,21)16-13-8-11(14(18)19)17(3)15-13/h4-9H,1-3H3,(H,15,16)(H,18,19). The SMILES string of the molecule is CC(C)c1ccccc1S(=O)(=O)Nc1cc(C(=O)O)n(C)n1. The molecule has 0 amide bonds. The summed E-state index contributed by atoms with van der Waals surface area (Å²) in [5, 5.41) is 12.8. The van der Waals surface area contributed by atoms with Crippen molar-refractivity contribution < 1.29 is 18.3 Å². The van der Waals surface area contributed by atoms with Crippen LogP contribution in [-0.2, 0) is 17.1 Å². The van der Waals surface area contributed by atoms with Gasteiger partial charge in [0.2, 0.25) is 0 Å². The number of carboxylic acids is 1. The van der Waals surface area contributed by atoms with Crippen molar-refractivity contribution in [2.24, 2.45) is 7.05 Å². The van der Waals surface area contributed by atoms with E-state index in [1.807, 2.05) is 13.8 Å². The lowest BCUT2D eigenvalue weighted by molar-refractivity contribution is 0.0685. The molecule has 2 aromatic rings. The minimum absolute atomic E-state index is 0.0292. The zero-order chi connectivity index (χ0) is 16.5. The Labute approximate surface area is 128 Å². The Bertz CT molecular complexity index is 809. The van der Waals surface area contributed by atoms with E-state index in [4.69, 9.17) is 5.11 Å². The molecule has 0 aliphatic carbocycles. The Kier molecular flexibility index (Phi) is 4.23. The van der Waals surface area contributed by atoms with Gasteiger partial charge in [-0.2, -0.15) is 5.10 Å². The van der Waals surface area contributed by atoms with E-state index >= 15 is 0 Å². The summed E-state index contributed by atoms with van der Waals surface area (Å²) in [4.78, 5) is 11.1. The average Bonchev–Trinajstić information content (AvgIpc) is 2.79. The number of benzene rings is 1. The smallest absolute Gasteiger partial charge is 0.354 e. The normalized spacial score (nSPS) is 11.6. The number of nitrogens with zero attached hydrogens (tertiary/aromatic N) is 2. The first-order valence-corrected chi connectivity index (χ1v) is 8.09. The molecule has 7 nitrogen and oxygen atoms in total. The number of aromatic nitrogens is 2. The third-order valence-corrected chi connectivity index (χ3v) is 4.60. The maximum absolute atomic E-state index is 12.5. The number of rotatable bonds is 5. The van der Waals surface area contributed by atoms with Gasteiger partial charge in [-0.3, -0.25) is 9.40 Å². The molecule has 0 spiro atoms. The third kappa shape index (κ3) is 3.11. The molecular weight excluding hydrogens is 306 g/mol. The van der Waals surface area contributed by atoms with E-state index < -0.39 is 16.0 Å². The van der Waals surface area contributed by atoms with Gasteiger partial charge in [-0.05, 0) is 17.5 Å². The molecule has 2 N–H and O–H groups in total. The Hall–Kier alpha value is -2.35. The zero-order valence-corrected chi connectivity index (χ0v) is 13.3. The van der Waals surface area contributed by atoms with Crippen LogP contribution in [0.15, 0.2) is 35.2 Å². The maximum Gasteiger partial charge on any atom is 0.354 e. The van der Waals surface area contributed by atoms with Gasteiger partial charge in [0.1, 0.15) is 5.69 Å². The molecule has 1 aromatic heterocycles. The van der Waals surface area contributed by atoms with Crippen LogP contribution in [0.2, 0.25) is 0 Å². The highest BCUT2D eigenvalue weighted by molar-refractivity contribution is 7.92. The van der Waals surface area contributed by atoms with Gasteiger partial charge in [0, 0.05) is 13.1 Å². The summed E-state index contributed by atoms with van der Waals surface area (Å²) in [6.07, 6.45) is 0. The van der Waals surface area contributed by atoms with Crippen molar-refractivity contribution in [2.45, 2.75) is 24.7 Å². The van der Waals surface area contributed by atoms with Crippen LogP contribution in [0.4, 0.5) is 5.82 Å². The highest BCUT2D eigenvalue weighted by atomic mass is 32.2. The molecule has 2 rings (SSSR count). The molecule has 1 aromatic carbocycles. The van der Waals surface area contributed by atoms with Crippen molar-refractivity contribution in [3.63, 3.8) is 0 Å². The minimum Gasteiger partial charge on any atom is -0.477 e. The molecule has 0 aliphatic heterocycles. The first-order valence-electron chi connectivity index (χ1n) is 6.61. The molecular formula is C14H17N3O4S. The molecule has 0 atom stereocenters. The van der Waals surface area contributed by atoms with Crippen LogP contribution in [-0.4, -0.2) is 29.3 Å². The molecule has 0 saturated carbocycles. The lowest BCUT2D eigenvalue weighted by Crippen LogP contribution is -2.16. The van der Waals surface area contributed by atoms with Crippen LogP contribution >= 0.6 is 0 Å². The van der Waals surface area contributed by atoms with Crippen molar-refractivity contribution in [3.05, 3.63) is 41.6 Å². The van der Waals surface area contributed by atoms with Crippen LogP contribution in [0.25, 0.3) is 0 Å². The van der Waals surface area contributed by atoms with E-state index in [1.165, 1.54) is 19.2 Å². The summed E-state index contributed by atoms with van der Waals surface area (Å²) >= 11 is 0. The Morgan fingerprint density at radius 1 is 1.32 bits per heavy atom. The van der Waals surface area contributed by atoms with Crippen LogP contribution < -0.4 is 4.72 Å². The second kappa shape index (κ2) is 5.80. The van der Waals surface area contributed by atoms with Gasteiger partial charge in [0.05, 0.1) is 4.90 Å². The van der Waals surface area contributed by atoms with Gasteiger partial charge in [-0.1, -0.05) is 32.0 Å².